The average Bonchev–Trinajstić information content (AvgIpc) is 2.71. The Kier molecular flexibility index (Phi) is 4.53. The van der Waals surface area contributed by atoms with Crippen LogP contribution in [0.1, 0.15) is 5.69 Å². The lowest BCUT2D eigenvalue weighted by atomic mass is 10.1. The molecule has 27 heavy (non-hydrogen) atoms. The van der Waals surface area contributed by atoms with Crippen molar-refractivity contribution in [2.45, 2.75) is 6.54 Å². The number of nitrogens with zero attached hydrogens (tertiary/aromatic N) is 1. The van der Waals surface area contributed by atoms with Crippen molar-refractivity contribution in [1.29, 1.82) is 0 Å². The molecule has 0 spiro atoms. The summed E-state index contributed by atoms with van der Waals surface area (Å²) < 4.78 is 10.9. The van der Waals surface area contributed by atoms with Gasteiger partial charge in [-0.3, -0.25) is 9.78 Å². The zero-order valence-corrected chi connectivity index (χ0v) is 14.3. The highest BCUT2D eigenvalue weighted by Gasteiger charge is 2.09. The monoisotopic (exact) mass is 360 g/mol. The lowest BCUT2D eigenvalue weighted by Gasteiger charge is -2.08. The van der Waals surface area contributed by atoms with Gasteiger partial charge in [-0.1, -0.05) is 24.3 Å². The molecule has 0 fully saturated rings. The predicted molar refractivity (Wildman–Crippen MR) is 102 cm³/mol. The average molecular weight is 360 g/mol. The molecule has 0 bridgehead atoms. The van der Waals surface area contributed by atoms with E-state index in [0.717, 1.165) is 16.5 Å². The van der Waals surface area contributed by atoms with Gasteiger partial charge in [0.25, 0.3) is 5.91 Å². The number of hydrogen-bond donors (Lipinski definition) is 1. The van der Waals surface area contributed by atoms with Crippen molar-refractivity contribution in [2.24, 2.45) is 0 Å². The van der Waals surface area contributed by atoms with Gasteiger partial charge in [-0.05, 0) is 35.7 Å². The van der Waals surface area contributed by atoms with Crippen LogP contribution in [0.3, 0.4) is 0 Å². The third kappa shape index (κ3) is 3.64. The molecule has 0 atom stereocenters. The highest BCUT2D eigenvalue weighted by molar-refractivity contribution is 6.04. The first-order valence-corrected chi connectivity index (χ1v) is 8.46. The number of aromatic nitrogens is 1. The molecule has 0 radical (unpaired) electrons. The highest BCUT2D eigenvalue weighted by Crippen LogP contribution is 2.26. The van der Waals surface area contributed by atoms with Crippen molar-refractivity contribution in [3.05, 3.63) is 83.0 Å². The molecule has 0 aliphatic carbocycles. The Hall–Kier alpha value is -3.67. The fourth-order valence-corrected chi connectivity index (χ4v) is 2.84. The maximum Gasteiger partial charge on any atom is 0.344 e. The summed E-state index contributed by atoms with van der Waals surface area (Å²) in [4.78, 5) is 28.2. The van der Waals surface area contributed by atoms with Gasteiger partial charge in [0, 0.05) is 17.6 Å². The molecule has 1 N–H and O–H groups in total. The second-order valence-corrected chi connectivity index (χ2v) is 5.98. The number of hydrogen-bond acceptors (Lipinski definition) is 5. The molecular weight excluding hydrogens is 344 g/mol. The highest BCUT2D eigenvalue weighted by atomic mass is 16.5. The summed E-state index contributed by atoms with van der Waals surface area (Å²) >= 11 is 0. The lowest BCUT2D eigenvalue weighted by Crippen LogP contribution is -2.28. The van der Waals surface area contributed by atoms with Crippen molar-refractivity contribution in [2.75, 3.05) is 6.61 Å². The van der Waals surface area contributed by atoms with Gasteiger partial charge in [-0.15, -0.1) is 0 Å². The molecule has 6 heteroatoms. The maximum absolute atomic E-state index is 12.1. The van der Waals surface area contributed by atoms with Gasteiger partial charge >= 0.3 is 5.63 Å². The minimum Gasteiger partial charge on any atom is -0.484 e. The molecule has 0 saturated heterocycles. The van der Waals surface area contributed by atoms with Gasteiger partial charge in [0.05, 0.1) is 17.6 Å². The van der Waals surface area contributed by atoms with E-state index in [1.165, 1.54) is 0 Å². The third-order valence-electron chi connectivity index (χ3n) is 4.16. The normalized spacial score (nSPS) is 10.8. The molecule has 4 rings (SSSR count). The summed E-state index contributed by atoms with van der Waals surface area (Å²) in [6, 6.07) is 18.0. The number of nitrogens with one attached hydrogen (secondary N) is 1. The maximum atomic E-state index is 12.1. The Morgan fingerprint density at radius 1 is 1.00 bits per heavy atom. The Balaban J connectivity index is 1.47. The van der Waals surface area contributed by atoms with Crippen LogP contribution < -0.4 is 15.7 Å². The number of carbonyl (C=O) groups excluding carboxylic acids is 1. The molecule has 2 heterocycles. The second kappa shape index (κ2) is 7.29. The van der Waals surface area contributed by atoms with Crippen LogP contribution in [0.5, 0.6) is 5.75 Å². The Labute approximate surface area is 154 Å². The summed E-state index contributed by atoms with van der Waals surface area (Å²) in [7, 11) is 0. The Morgan fingerprint density at radius 3 is 2.63 bits per heavy atom. The topological polar surface area (TPSA) is 81.4 Å². The molecule has 4 aromatic rings. The zero-order chi connectivity index (χ0) is 18.6. The largest absolute Gasteiger partial charge is 0.484 e. The lowest BCUT2D eigenvalue weighted by molar-refractivity contribution is -0.123. The van der Waals surface area contributed by atoms with Gasteiger partial charge in [0.1, 0.15) is 11.3 Å². The quantitative estimate of drug-likeness (QED) is 0.437. The predicted octanol–water partition coefficient (Wildman–Crippen LogP) is 3.04. The third-order valence-corrected chi connectivity index (χ3v) is 4.16. The SMILES string of the molecule is O=C(COc1ccc2c(c1)oc(=O)c1ccccc12)NCc1ccccn1. The summed E-state index contributed by atoms with van der Waals surface area (Å²) in [5.74, 6) is 0.189. The molecule has 6 nitrogen and oxygen atoms in total. The first kappa shape index (κ1) is 16.8. The molecule has 0 aliphatic rings. The zero-order valence-electron chi connectivity index (χ0n) is 14.3. The van der Waals surface area contributed by atoms with Gasteiger partial charge in [0.2, 0.25) is 0 Å². The van der Waals surface area contributed by atoms with E-state index < -0.39 is 5.63 Å². The first-order valence-electron chi connectivity index (χ1n) is 8.46. The van der Waals surface area contributed by atoms with Crippen molar-refractivity contribution in [3.63, 3.8) is 0 Å². The van der Waals surface area contributed by atoms with E-state index in [-0.39, 0.29) is 12.5 Å². The van der Waals surface area contributed by atoms with Crippen LogP contribution in [0.2, 0.25) is 0 Å². The summed E-state index contributed by atoms with van der Waals surface area (Å²) in [6.07, 6.45) is 1.67. The minimum atomic E-state index is -0.400. The Morgan fingerprint density at radius 2 is 1.81 bits per heavy atom. The van der Waals surface area contributed by atoms with Crippen LogP contribution in [0.25, 0.3) is 21.7 Å². The van der Waals surface area contributed by atoms with Crippen molar-refractivity contribution in [1.82, 2.24) is 10.3 Å². The molecule has 0 saturated carbocycles. The standard InChI is InChI=1S/C21H16N2O4/c24-20(23-12-14-5-3-4-10-22-14)13-26-15-8-9-17-16-6-1-2-7-18(16)21(25)27-19(17)11-15/h1-11H,12-13H2,(H,23,24). The molecule has 0 aliphatic heterocycles. The molecule has 0 unspecified atom stereocenters. The van der Waals surface area contributed by atoms with E-state index in [0.29, 0.717) is 23.3 Å². The van der Waals surface area contributed by atoms with Gasteiger partial charge < -0.3 is 14.5 Å². The van der Waals surface area contributed by atoms with Gasteiger partial charge in [0.15, 0.2) is 6.61 Å². The molecule has 1 amide bonds. The van der Waals surface area contributed by atoms with Crippen LogP contribution >= 0.6 is 0 Å². The van der Waals surface area contributed by atoms with E-state index >= 15 is 0 Å². The number of amides is 1. The van der Waals surface area contributed by atoms with E-state index in [1.807, 2.05) is 36.4 Å². The van der Waals surface area contributed by atoms with E-state index in [2.05, 4.69) is 10.3 Å². The van der Waals surface area contributed by atoms with Crippen LogP contribution in [0.15, 0.2) is 76.1 Å². The Bertz CT molecular complexity index is 1170. The van der Waals surface area contributed by atoms with E-state index in [4.69, 9.17) is 9.15 Å². The number of fused-ring (bicyclic) bond motifs is 3. The molecular formula is C21H16N2O4. The number of pyridine rings is 1. The smallest absolute Gasteiger partial charge is 0.344 e. The van der Waals surface area contributed by atoms with Gasteiger partial charge in [-0.25, -0.2) is 4.79 Å². The number of ether oxygens (including phenoxy) is 1. The summed E-state index contributed by atoms with van der Waals surface area (Å²) in [5.41, 5.74) is 0.790. The minimum absolute atomic E-state index is 0.143. The fourth-order valence-electron chi connectivity index (χ4n) is 2.84. The van der Waals surface area contributed by atoms with Crippen LogP contribution in [-0.4, -0.2) is 17.5 Å². The molecule has 2 aromatic heterocycles. The number of carbonyl (C=O) groups is 1. The summed E-state index contributed by atoms with van der Waals surface area (Å²) in [6.45, 7) is 0.192. The second-order valence-electron chi connectivity index (χ2n) is 5.98. The van der Waals surface area contributed by atoms with Crippen LogP contribution in [0.4, 0.5) is 0 Å². The summed E-state index contributed by atoms with van der Waals surface area (Å²) in [5, 5.41) is 4.91. The fraction of sp³-hybridized carbons (Fsp3) is 0.0952. The van der Waals surface area contributed by atoms with Crippen molar-refractivity contribution in [3.8, 4) is 5.75 Å². The number of benzene rings is 2. The van der Waals surface area contributed by atoms with Crippen LogP contribution in [0, 0.1) is 0 Å². The molecule has 134 valence electrons. The number of rotatable bonds is 5. The van der Waals surface area contributed by atoms with Crippen LogP contribution in [-0.2, 0) is 11.3 Å². The van der Waals surface area contributed by atoms with Crippen molar-refractivity contribution >= 4 is 27.6 Å². The van der Waals surface area contributed by atoms with E-state index in [9.17, 15) is 9.59 Å². The first-order chi connectivity index (χ1) is 13.2. The van der Waals surface area contributed by atoms with Crippen molar-refractivity contribution < 1.29 is 13.9 Å². The van der Waals surface area contributed by atoms with E-state index in [1.54, 1.807) is 30.5 Å². The molecule has 2 aromatic carbocycles. The van der Waals surface area contributed by atoms with Gasteiger partial charge in [-0.2, -0.15) is 0 Å².